The van der Waals surface area contributed by atoms with Gasteiger partial charge in [-0.3, -0.25) is 24.6 Å². The Morgan fingerprint density at radius 1 is 1.02 bits per heavy atom. The fourth-order valence-electron chi connectivity index (χ4n) is 5.25. The third-order valence-corrected chi connectivity index (χ3v) is 7.21. The van der Waals surface area contributed by atoms with Crippen LogP contribution in [-0.4, -0.2) is 55.3 Å². The zero-order valence-corrected chi connectivity index (χ0v) is 22.9. The van der Waals surface area contributed by atoms with Crippen LogP contribution in [0.3, 0.4) is 0 Å². The maximum absolute atomic E-state index is 14.1. The highest BCUT2D eigenvalue weighted by molar-refractivity contribution is 6.17. The minimum Gasteiger partial charge on any atom is -0.375 e. The third kappa shape index (κ3) is 6.37. The topological polar surface area (TPSA) is 117 Å². The van der Waals surface area contributed by atoms with E-state index in [4.69, 9.17) is 4.74 Å². The van der Waals surface area contributed by atoms with Gasteiger partial charge in [-0.25, -0.2) is 13.8 Å². The molecule has 0 aromatic heterocycles. The van der Waals surface area contributed by atoms with Crippen molar-refractivity contribution >= 4 is 29.2 Å². The van der Waals surface area contributed by atoms with E-state index >= 15 is 0 Å². The van der Waals surface area contributed by atoms with Gasteiger partial charge in [0.15, 0.2) is 5.78 Å². The molecule has 9 nitrogen and oxygen atoms in total. The van der Waals surface area contributed by atoms with Crippen molar-refractivity contribution in [2.45, 2.75) is 37.8 Å². The normalized spacial score (nSPS) is 18.7. The first-order valence-corrected chi connectivity index (χ1v) is 13.6. The highest BCUT2D eigenvalue weighted by atomic mass is 19.1. The van der Waals surface area contributed by atoms with E-state index in [1.165, 1.54) is 6.92 Å². The molecule has 3 N–H and O–H groups in total. The number of carbonyl (C=O) groups excluding carboxylic acids is 4. The van der Waals surface area contributed by atoms with Gasteiger partial charge in [-0.1, -0.05) is 42.5 Å². The molecule has 0 aliphatic carbocycles. The van der Waals surface area contributed by atoms with Gasteiger partial charge in [-0.15, -0.1) is 0 Å². The Balaban J connectivity index is 1.39. The second-order valence-electron chi connectivity index (χ2n) is 10.3. The number of halogens is 2. The van der Waals surface area contributed by atoms with Crippen LogP contribution in [0.2, 0.25) is 0 Å². The summed E-state index contributed by atoms with van der Waals surface area (Å²) < 4.78 is 32.8. The summed E-state index contributed by atoms with van der Waals surface area (Å²) in [5.41, 5.74) is 4.89. The Labute approximate surface area is 241 Å². The minimum absolute atomic E-state index is 0.00298. The summed E-state index contributed by atoms with van der Waals surface area (Å²) in [4.78, 5) is 53.7. The second kappa shape index (κ2) is 12.6. The van der Waals surface area contributed by atoms with E-state index in [9.17, 15) is 28.0 Å². The summed E-state index contributed by atoms with van der Waals surface area (Å²) in [5.74, 6) is -5.23. The van der Waals surface area contributed by atoms with Gasteiger partial charge >= 0.3 is 0 Å². The number of rotatable bonds is 8. The molecule has 5 rings (SSSR count). The maximum Gasteiger partial charge on any atom is 0.261 e. The molecule has 42 heavy (non-hydrogen) atoms. The molecule has 218 valence electrons. The van der Waals surface area contributed by atoms with Crippen molar-refractivity contribution in [2.24, 2.45) is 0 Å². The molecule has 0 radical (unpaired) electrons. The number of Topliss-reactive ketones (excluding diaryl/α,β-unsaturated/α-hetero) is 1. The molecular formula is C31H30F2N4O5. The molecule has 11 heteroatoms. The van der Waals surface area contributed by atoms with Crippen LogP contribution < -0.4 is 21.1 Å². The molecule has 1 fully saturated rings. The van der Waals surface area contributed by atoms with Crippen molar-refractivity contribution in [1.29, 1.82) is 0 Å². The first kappa shape index (κ1) is 29.0. The van der Waals surface area contributed by atoms with Crippen LogP contribution in [0.25, 0.3) is 11.1 Å². The maximum atomic E-state index is 14.1. The number of amides is 3. The summed E-state index contributed by atoms with van der Waals surface area (Å²) >= 11 is 0. The van der Waals surface area contributed by atoms with Crippen LogP contribution in [-0.2, 0) is 30.3 Å². The number of hydrogen-bond acceptors (Lipinski definition) is 6. The molecule has 3 atom stereocenters. The molecule has 3 amide bonds. The Bertz CT molecular complexity index is 1500. The molecule has 2 unspecified atom stereocenters. The van der Waals surface area contributed by atoms with E-state index in [0.717, 1.165) is 17.1 Å². The summed E-state index contributed by atoms with van der Waals surface area (Å²) in [7, 11) is 0. The predicted octanol–water partition coefficient (Wildman–Crippen LogP) is 2.79. The largest absolute Gasteiger partial charge is 0.375 e. The average molecular weight is 577 g/mol. The van der Waals surface area contributed by atoms with Gasteiger partial charge in [-0.2, -0.15) is 0 Å². The average Bonchev–Trinajstić information content (AvgIpc) is 3.05. The standard InChI is InChI=1S/C31H30F2N4O5/c1-18(35-28(39)14-19-12-20(32)15-21(33)13-19)30(40)36-37-26-9-5-4-7-24(26)23-6-2-3-8-25(23)29(31(37)41)27(38)16-22-17-34-10-11-42-22/h2-9,12-13,15,18,22,29,34H,10-11,14,16-17H2,1H3,(H,35,39)(H,36,40)/t18-,22?,29?/m0/s1. The van der Waals surface area contributed by atoms with Gasteiger partial charge in [0.1, 0.15) is 23.6 Å². The molecule has 2 heterocycles. The van der Waals surface area contributed by atoms with Crippen molar-refractivity contribution in [2.75, 3.05) is 24.7 Å². The second-order valence-corrected chi connectivity index (χ2v) is 10.3. The van der Waals surface area contributed by atoms with E-state index in [1.807, 2.05) is 12.1 Å². The summed E-state index contributed by atoms with van der Waals surface area (Å²) in [6.45, 7) is 3.03. The highest BCUT2D eigenvalue weighted by Crippen LogP contribution is 2.41. The Morgan fingerprint density at radius 3 is 2.43 bits per heavy atom. The molecule has 3 aromatic rings. The van der Waals surface area contributed by atoms with Gasteiger partial charge in [0.05, 0.1) is 24.8 Å². The van der Waals surface area contributed by atoms with Gasteiger partial charge in [0, 0.05) is 31.1 Å². The zero-order valence-electron chi connectivity index (χ0n) is 22.9. The predicted molar refractivity (Wildman–Crippen MR) is 150 cm³/mol. The van der Waals surface area contributed by atoms with Crippen molar-refractivity contribution in [3.63, 3.8) is 0 Å². The van der Waals surface area contributed by atoms with Gasteiger partial charge < -0.3 is 15.4 Å². The molecule has 3 aromatic carbocycles. The molecule has 0 saturated carbocycles. The number of hydrazine groups is 1. The van der Waals surface area contributed by atoms with E-state index < -0.39 is 41.3 Å². The van der Waals surface area contributed by atoms with Crippen molar-refractivity contribution in [1.82, 2.24) is 16.1 Å². The molecule has 1 saturated heterocycles. The fraction of sp³-hybridized carbons (Fsp3) is 0.290. The number of nitrogens with zero attached hydrogens (tertiary/aromatic N) is 1. The first-order chi connectivity index (χ1) is 20.2. The van der Waals surface area contributed by atoms with E-state index in [-0.39, 0.29) is 30.3 Å². The van der Waals surface area contributed by atoms with Gasteiger partial charge in [-0.05, 0) is 41.8 Å². The van der Waals surface area contributed by atoms with Gasteiger partial charge in [0.25, 0.3) is 11.8 Å². The number of para-hydroxylation sites is 1. The van der Waals surface area contributed by atoms with Crippen LogP contribution in [0, 0.1) is 11.6 Å². The van der Waals surface area contributed by atoms with E-state index in [2.05, 4.69) is 16.1 Å². The summed E-state index contributed by atoms with van der Waals surface area (Å²) in [5, 5.41) is 6.73. The summed E-state index contributed by atoms with van der Waals surface area (Å²) in [6, 6.07) is 15.7. The molecular weight excluding hydrogens is 546 g/mol. The van der Waals surface area contributed by atoms with Crippen LogP contribution in [0.1, 0.15) is 30.4 Å². The number of ether oxygens (including phenoxy) is 1. The Hall–Kier alpha value is -4.48. The SMILES string of the molecule is C[C@H](NC(=O)Cc1cc(F)cc(F)c1)C(=O)NN1C(=O)C(C(=O)CC2CNCCO2)c2ccccc2-c2ccccc21. The lowest BCUT2D eigenvalue weighted by Gasteiger charge is -2.28. The quantitative estimate of drug-likeness (QED) is 0.355. The van der Waals surface area contributed by atoms with E-state index in [1.54, 1.807) is 36.4 Å². The molecule has 2 aliphatic heterocycles. The number of fused-ring (bicyclic) bond motifs is 3. The molecule has 2 aliphatic rings. The molecule has 0 spiro atoms. The first-order valence-electron chi connectivity index (χ1n) is 13.6. The monoisotopic (exact) mass is 576 g/mol. The number of anilines is 1. The highest BCUT2D eigenvalue weighted by Gasteiger charge is 2.40. The number of morpholine rings is 1. The smallest absolute Gasteiger partial charge is 0.261 e. The zero-order chi connectivity index (χ0) is 29.8. The van der Waals surface area contributed by atoms with E-state index in [0.29, 0.717) is 48.1 Å². The van der Waals surface area contributed by atoms with Crippen molar-refractivity contribution in [3.05, 3.63) is 89.5 Å². The van der Waals surface area contributed by atoms with Crippen LogP contribution >= 0.6 is 0 Å². The van der Waals surface area contributed by atoms with Crippen molar-refractivity contribution < 1.29 is 32.7 Å². The van der Waals surface area contributed by atoms with Gasteiger partial charge in [0.2, 0.25) is 5.91 Å². The Kier molecular flexibility index (Phi) is 8.69. The third-order valence-electron chi connectivity index (χ3n) is 7.21. The lowest BCUT2D eigenvalue weighted by atomic mass is 9.86. The van der Waals surface area contributed by atoms with Crippen LogP contribution in [0.15, 0.2) is 66.7 Å². The van der Waals surface area contributed by atoms with Crippen LogP contribution in [0.4, 0.5) is 14.5 Å². The lowest BCUT2D eigenvalue weighted by molar-refractivity contribution is -0.133. The fourth-order valence-corrected chi connectivity index (χ4v) is 5.25. The van der Waals surface area contributed by atoms with Crippen LogP contribution in [0.5, 0.6) is 0 Å². The number of hydrogen-bond donors (Lipinski definition) is 3. The number of carbonyl (C=O) groups is 4. The summed E-state index contributed by atoms with van der Waals surface area (Å²) in [6.07, 6.45) is -0.744. The number of nitrogens with one attached hydrogen (secondary N) is 3. The molecule has 0 bridgehead atoms. The Morgan fingerprint density at radius 2 is 1.71 bits per heavy atom. The van der Waals surface area contributed by atoms with Crippen molar-refractivity contribution in [3.8, 4) is 11.1 Å². The number of ketones is 1. The number of benzene rings is 3. The lowest BCUT2D eigenvalue weighted by Crippen LogP contribution is -2.55. The minimum atomic E-state index is -1.22.